The van der Waals surface area contributed by atoms with Crippen molar-refractivity contribution in [1.82, 2.24) is 10.4 Å². The maximum atomic E-state index is 12.3. The standard InChI is InChI=1S/C8H8ClF3N4O/c9-5-1-4(8(10,11)12)2-14-7(5)15-3-6(17)16-13/h1-2H,3,13H2,(H,14,15)(H,16,17). The van der Waals surface area contributed by atoms with E-state index in [2.05, 4.69) is 10.3 Å². The first-order valence-corrected chi connectivity index (χ1v) is 4.68. The molecule has 0 aliphatic heterocycles. The predicted octanol–water partition coefficient (Wildman–Crippen LogP) is 1.16. The predicted molar refractivity (Wildman–Crippen MR) is 55.1 cm³/mol. The number of nitrogens with one attached hydrogen (secondary N) is 2. The molecule has 4 N–H and O–H groups in total. The van der Waals surface area contributed by atoms with Crippen LogP contribution in [-0.2, 0) is 11.0 Å². The van der Waals surface area contributed by atoms with Crippen molar-refractivity contribution >= 4 is 23.3 Å². The van der Waals surface area contributed by atoms with Gasteiger partial charge in [0.25, 0.3) is 5.91 Å². The van der Waals surface area contributed by atoms with Crippen molar-refractivity contribution in [2.24, 2.45) is 5.84 Å². The number of aromatic nitrogens is 1. The monoisotopic (exact) mass is 268 g/mol. The minimum absolute atomic E-state index is 0.0248. The Morgan fingerprint density at radius 1 is 1.53 bits per heavy atom. The summed E-state index contributed by atoms with van der Waals surface area (Å²) >= 11 is 5.57. The van der Waals surface area contributed by atoms with E-state index in [-0.39, 0.29) is 17.4 Å². The lowest BCUT2D eigenvalue weighted by molar-refractivity contribution is -0.137. The van der Waals surface area contributed by atoms with Gasteiger partial charge in [0.05, 0.1) is 17.1 Å². The van der Waals surface area contributed by atoms with Gasteiger partial charge in [-0.25, -0.2) is 10.8 Å². The number of hydrogen-bond donors (Lipinski definition) is 3. The molecule has 9 heteroatoms. The molecule has 17 heavy (non-hydrogen) atoms. The maximum Gasteiger partial charge on any atom is 0.417 e. The van der Waals surface area contributed by atoms with Crippen LogP contribution in [0.15, 0.2) is 12.3 Å². The van der Waals surface area contributed by atoms with Crippen LogP contribution < -0.4 is 16.6 Å². The molecular formula is C8H8ClF3N4O. The number of nitrogens with two attached hydrogens (primary N) is 1. The summed E-state index contributed by atoms with van der Waals surface area (Å²) in [5.41, 5.74) is 0.876. The highest BCUT2D eigenvalue weighted by molar-refractivity contribution is 6.33. The number of hydrogen-bond acceptors (Lipinski definition) is 4. The molecule has 0 aliphatic carbocycles. The van der Waals surface area contributed by atoms with Gasteiger partial charge in [0.1, 0.15) is 5.82 Å². The minimum atomic E-state index is -4.51. The lowest BCUT2D eigenvalue weighted by Crippen LogP contribution is -2.35. The Balaban J connectivity index is 2.80. The number of pyridine rings is 1. The minimum Gasteiger partial charge on any atom is -0.360 e. The third-order valence-corrected chi connectivity index (χ3v) is 2.03. The van der Waals surface area contributed by atoms with Gasteiger partial charge in [-0.15, -0.1) is 0 Å². The quantitative estimate of drug-likeness (QED) is 0.436. The molecule has 0 unspecified atom stereocenters. The van der Waals surface area contributed by atoms with Crippen molar-refractivity contribution in [3.05, 3.63) is 22.8 Å². The molecule has 1 aromatic heterocycles. The first kappa shape index (κ1) is 13.5. The largest absolute Gasteiger partial charge is 0.417 e. The van der Waals surface area contributed by atoms with Crippen LogP contribution in [0.5, 0.6) is 0 Å². The van der Waals surface area contributed by atoms with Crippen molar-refractivity contribution in [1.29, 1.82) is 0 Å². The van der Waals surface area contributed by atoms with Crippen LogP contribution >= 0.6 is 11.6 Å². The second-order valence-corrected chi connectivity index (χ2v) is 3.38. The summed E-state index contributed by atoms with van der Waals surface area (Å²) in [6, 6.07) is 0.719. The summed E-state index contributed by atoms with van der Waals surface area (Å²) in [6.45, 7) is -0.241. The fraction of sp³-hybridized carbons (Fsp3) is 0.250. The van der Waals surface area contributed by atoms with E-state index in [1.165, 1.54) is 0 Å². The molecule has 0 fully saturated rings. The van der Waals surface area contributed by atoms with Gasteiger partial charge in [-0.1, -0.05) is 11.6 Å². The zero-order valence-electron chi connectivity index (χ0n) is 8.31. The summed E-state index contributed by atoms with van der Waals surface area (Å²) < 4.78 is 36.8. The molecule has 1 aromatic rings. The van der Waals surface area contributed by atoms with Crippen LogP contribution in [0.25, 0.3) is 0 Å². The van der Waals surface area contributed by atoms with Gasteiger partial charge in [-0.2, -0.15) is 13.2 Å². The first-order valence-electron chi connectivity index (χ1n) is 4.30. The molecule has 0 spiro atoms. The van der Waals surface area contributed by atoms with E-state index in [1.54, 1.807) is 0 Å². The van der Waals surface area contributed by atoms with E-state index >= 15 is 0 Å². The Labute approximate surface area is 99.1 Å². The normalized spacial score (nSPS) is 11.1. The van der Waals surface area contributed by atoms with Gasteiger partial charge in [-0.3, -0.25) is 10.2 Å². The Morgan fingerprint density at radius 3 is 2.65 bits per heavy atom. The average Bonchev–Trinajstić information content (AvgIpc) is 2.25. The van der Waals surface area contributed by atoms with Crippen LogP contribution in [0.1, 0.15) is 5.56 Å². The fourth-order valence-corrected chi connectivity index (χ4v) is 1.17. The molecular weight excluding hydrogens is 261 g/mol. The zero-order chi connectivity index (χ0) is 13.1. The van der Waals surface area contributed by atoms with Gasteiger partial charge in [-0.05, 0) is 6.07 Å². The second-order valence-electron chi connectivity index (χ2n) is 2.97. The maximum absolute atomic E-state index is 12.3. The van der Waals surface area contributed by atoms with Crippen LogP contribution in [-0.4, -0.2) is 17.4 Å². The highest BCUT2D eigenvalue weighted by Crippen LogP contribution is 2.32. The number of alkyl halides is 3. The first-order chi connectivity index (χ1) is 7.84. The summed E-state index contributed by atoms with van der Waals surface area (Å²) in [5.74, 6) is 4.24. The lowest BCUT2D eigenvalue weighted by atomic mass is 10.3. The van der Waals surface area contributed by atoms with Gasteiger partial charge in [0, 0.05) is 6.20 Å². The number of carbonyl (C=O) groups is 1. The lowest BCUT2D eigenvalue weighted by Gasteiger charge is -2.10. The summed E-state index contributed by atoms with van der Waals surface area (Å²) in [5, 5.41) is 2.21. The Bertz CT molecular complexity index is 424. The molecule has 0 radical (unpaired) electrons. The van der Waals surface area contributed by atoms with Gasteiger partial charge in [0.2, 0.25) is 0 Å². The van der Waals surface area contributed by atoms with E-state index in [1.807, 2.05) is 5.43 Å². The number of carbonyl (C=O) groups excluding carboxylic acids is 1. The van der Waals surface area contributed by atoms with E-state index < -0.39 is 17.6 Å². The van der Waals surface area contributed by atoms with Crippen molar-refractivity contribution in [2.75, 3.05) is 11.9 Å². The Morgan fingerprint density at radius 2 is 2.18 bits per heavy atom. The molecule has 5 nitrogen and oxygen atoms in total. The van der Waals surface area contributed by atoms with Crippen LogP contribution in [0, 0.1) is 0 Å². The number of halogens is 4. The Kier molecular flexibility index (Phi) is 4.13. The summed E-state index contributed by atoms with van der Waals surface area (Å²) in [6.07, 6.45) is -3.89. The van der Waals surface area contributed by atoms with Gasteiger partial charge >= 0.3 is 6.18 Å². The number of nitrogens with zero attached hydrogens (tertiary/aromatic N) is 1. The molecule has 0 atom stereocenters. The Hall–Kier alpha value is -1.54. The average molecular weight is 269 g/mol. The molecule has 0 saturated carbocycles. The SMILES string of the molecule is NNC(=O)CNc1ncc(C(F)(F)F)cc1Cl. The number of hydrazine groups is 1. The number of rotatable bonds is 3. The van der Waals surface area contributed by atoms with E-state index in [0.717, 1.165) is 6.07 Å². The summed E-state index contributed by atoms with van der Waals surface area (Å²) in [4.78, 5) is 14.2. The highest BCUT2D eigenvalue weighted by atomic mass is 35.5. The van der Waals surface area contributed by atoms with Crippen LogP contribution in [0.2, 0.25) is 5.02 Å². The molecule has 0 aromatic carbocycles. The highest BCUT2D eigenvalue weighted by Gasteiger charge is 2.31. The molecule has 1 amide bonds. The van der Waals surface area contributed by atoms with Crippen LogP contribution in [0.4, 0.5) is 19.0 Å². The molecule has 1 rings (SSSR count). The van der Waals surface area contributed by atoms with Crippen molar-refractivity contribution < 1.29 is 18.0 Å². The topological polar surface area (TPSA) is 80.0 Å². The zero-order valence-corrected chi connectivity index (χ0v) is 9.06. The molecule has 0 aliphatic rings. The number of anilines is 1. The summed E-state index contributed by atoms with van der Waals surface area (Å²) in [7, 11) is 0. The third-order valence-electron chi connectivity index (χ3n) is 1.75. The molecule has 94 valence electrons. The third kappa shape index (κ3) is 3.75. The van der Waals surface area contributed by atoms with Crippen molar-refractivity contribution in [3.63, 3.8) is 0 Å². The van der Waals surface area contributed by atoms with Gasteiger partial charge in [0.15, 0.2) is 0 Å². The van der Waals surface area contributed by atoms with E-state index in [9.17, 15) is 18.0 Å². The van der Waals surface area contributed by atoms with E-state index in [4.69, 9.17) is 17.4 Å². The molecule has 0 saturated heterocycles. The second kappa shape index (κ2) is 5.19. The van der Waals surface area contributed by atoms with Gasteiger partial charge < -0.3 is 5.32 Å². The van der Waals surface area contributed by atoms with Crippen molar-refractivity contribution in [3.8, 4) is 0 Å². The molecule has 1 heterocycles. The van der Waals surface area contributed by atoms with Crippen LogP contribution in [0.3, 0.4) is 0 Å². The number of amides is 1. The fourth-order valence-electron chi connectivity index (χ4n) is 0.938. The van der Waals surface area contributed by atoms with E-state index in [0.29, 0.717) is 6.20 Å². The smallest absolute Gasteiger partial charge is 0.360 e. The van der Waals surface area contributed by atoms with Crippen molar-refractivity contribution in [2.45, 2.75) is 6.18 Å². The molecule has 0 bridgehead atoms.